The van der Waals surface area contributed by atoms with Crippen LogP contribution in [0.4, 0.5) is 4.79 Å². The number of carbonyl (C=O) groups is 1. The third kappa shape index (κ3) is 4.38. The summed E-state index contributed by atoms with van der Waals surface area (Å²) in [6.07, 6.45) is 3.67. The molecule has 0 aromatic heterocycles. The van der Waals surface area contributed by atoms with Crippen LogP contribution in [-0.4, -0.2) is 53.0 Å². The molecular formula is C15H23ClN2O4. The molecule has 0 aliphatic carbocycles. The quantitative estimate of drug-likeness (QED) is 0.609. The molecule has 2 heterocycles. The molecule has 2 N–H and O–H groups in total. The maximum atomic E-state index is 12.2. The second-order valence-corrected chi connectivity index (χ2v) is 6.80. The van der Waals surface area contributed by atoms with Crippen LogP contribution in [0.1, 0.15) is 27.2 Å². The number of amides is 1. The first-order valence-corrected chi connectivity index (χ1v) is 7.78. The van der Waals surface area contributed by atoms with Crippen LogP contribution in [-0.2, 0) is 9.47 Å². The summed E-state index contributed by atoms with van der Waals surface area (Å²) in [5.41, 5.74) is -0.917. The summed E-state index contributed by atoms with van der Waals surface area (Å²) in [5.74, 6) is 0.487. The molecule has 1 amide bonds. The summed E-state index contributed by atoms with van der Waals surface area (Å²) in [4.78, 5) is 13.5. The first-order chi connectivity index (χ1) is 10.3. The Bertz CT molecular complexity index is 480. The number of ether oxygens (including phenoxy) is 2. The summed E-state index contributed by atoms with van der Waals surface area (Å²) in [5, 5.41) is 12.6. The SMILES string of the molecule is CC(C)(C)OC(=O)N1C=C(OCC2CCN2)C=C(CO)[C@@H]1Cl. The molecule has 2 aliphatic rings. The van der Waals surface area contributed by atoms with Gasteiger partial charge in [-0.25, -0.2) is 4.79 Å². The van der Waals surface area contributed by atoms with E-state index in [2.05, 4.69) is 5.32 Å². The standard InChI is InChI=1S/C15H23ClN2O4/c1-15(2,3)22-14(20)18-7-12(6-10(8-19)13(18)16)21-9-11-4-5-17-11/h6-7,11,13,17,19H,4-5,8-9H2,1-3H3/t11?,13-/m1/s1. The number of aliphatic hydroxyl groups excluding tert-OH is 1. The van der Waals surface area contributed by atoms with Gasteiger partial charge in [-0.05, 0) is 45.4 Å². The molecule has 2 rings (SSSR count). The van der Waals surface area contributed by atoms with E-state index in [-0.39, 0.29) is 6.61 Å². The second-order valence-electron chi connectivity index (χ2n) is 6.38. The lowest BCUT2D eigenvalue weighted by atomic mass is 10.1. The van der Waals surface area contributed by atoms with Gasteiger partial charge < -0.3 is 19.9 Å². The van der Waals surface area contributed by atoms with Gasteiger partial charge in [0.05, 0.1) is 12.8 Å². The molecule has 124 valence electrons. The average Bonchev–Trinajstić information content (AvgIpc) is 2.36. The van der Waals surface area contributed by atoms with Crippen LogP contribution < -0.4 is 5.32 Å². The van der Waals surface area contributed by atoms with Crippen LogP contribution in [0, 0.1) is 0 Å². The lowest BCUT2D eigenvalue weighted by Crippen LogP contribution is -2.46. The summed E-state index contributed by atoms with van der Waals surface area (Å²) in [6.45, 7) is 6.60. The monoisotopic (exact) mass is 330 g/mol. The molecular weight excluding hydrogens is 308 g/mol. The highest BCUT2D eigenvalue weighted by Crippen LogP contribution is 2.26. The minimum atomic E-state index is -0.783. The van der Waals surface area contributed by atoms with Gasteiger partial charge in [-0.15, -0.1) is 0 Å². The fourth-order valence-electron chi connectivity index (χ4n) is 2.02. The second kappa shape index (κ2) is 6.89. The zero-order valence-corrected chi connectivity index (χ0v) is 13.9. The Morgan fingerprint density at radius 1 is 1.55 bits per heavy atom. The van der Waals surface area contributed by atoms with Crippen LogP contribution >= 0.6 is 11.6 Å². The van der Waals surface area contributed by atoms with E-state index in [0.717, 1.165) is 13.0 Å². The zero-order chi connectivity index (χ0) is 16.3. The molecule has 0 aromatic carbocycles. The van der Waals surface area contributed by atoms with E-state index in [1.165, 1.54) is 11.1 Å². The van der Waals surface area contributed by atoms with E-state index < -0.39 is 17.2 Å². The van der Waals surface area contributed by atoms with E-state index in [1.54, 1.807) is 26.8 Å². The number of allylic oxidation sites excluding steroid dienone is 1. The minimum absolute atomic E-state index is 0.254. The zero-order valence-electron chi connectivity index (χ0n) is 13.1. The Hall–Kier alpha value is -1.24. The van der Waals surface area contributed by atoms with Crippen molar-refractivity contribution in [3.63, 3.8) is 0 Å². The molecule has 0 spiro atoms. The highest BCUT2D eigenvalue weighted by molar-refractivity contribution is 6.23. The van der Waals surface area contributed by atoms with Crippen molar-refractivity contribution in [1.29, 1.82) is 0 Å². The van der Waals surface area contributed by atoms with Crippen molar-refractivity contribution in [1.82, 2.24) is 10.2 Å². The number of alkyl halides is 1. The number of aliphatic hydroxyl groups is 1. The van der Waals surface area contributed by atoms with E-state index in [0.29, 0.717) is 24.0 Å². The van der Waals surface area contributed by atoms with E-state index in [9.17, 15) is 9.90 Å². The van der Waals surface area contributed by atoms with Gasteiger partial charge >= 0.3 is 6.09 Å². The Labute approximate surface area is 135 Å². The van der Waals surface area contributed by atoms with E-state index >= 15 is 0 Å². The van der Waals surface area contributed by atoms with Crippen molar-refractivity contribution in [3.05, 3.63) is 23.6 Å². The van der Waals surface area contributed by atoms with Gasteiger partial charge in [-0.1, -0.05) is 11.6 Å². The van der Waals surface area contributed by atoms with Gasteiger partial charge in [0.25, 0.3) is 0 Å². The first kappa shape index (κ1) is 17.1. The average molecular weight is 331 g/mol. The Balaban J connectivity index is 2.07. The number of nitrogens with zero attached hydrogens (tertiary/aromatic N) is 1. The maximum absolute atomic E-state index is 12.2. The summed E-state index contributed by atoms with van der Waals surface area (Å²) >= 11 is 6.22. The molecule has 0 aromatic rings. The highest BCUT2D eigenvalue weighted by atomic mass is 35.5. The Kier molecular flexibility index (Phi) is 5.36. The van der Waals surface area contributed by atoms with Crippen molar-refractivity contribution in [2.75, 3.05) is 19.8 Å². The number of hydrogen-bond donors (Lipinski definition) is 2. The number of halogens is 1. The van der Waals surface area contributed by atoms with Crippen molar-refractivity contribution in [2.45, 2.75) is 44.3 Å². The maximum Gasteiger partial charge on any atom is 0.415 e. The van der Waals surface area contributed by atoms with Crippen molar-refractivity contribution >= 4 is 17.7 Å². The van der Waals surface area contributed by atoms with Gasteiger partial charge in [-0.3, -0.25) is 4.90 Å². The lowest BCUT2D eigenvalue weighted by molar-refractivity contribution is 0.0309. The largest absolute Gasteiger partial charge is 0.490 e. The molecule has 0 bridgehead atoms. The van der Waals surface area contributed by atoms with Crippen molar-refractivity contribution < 1.29 is 19.4 Å². The van der Waals surface area contributed by atoms with Gasteiger partial charge in [0.15, 0.2) is 0 Å². The lowest BCUT2D eigenvalue weighted by Gasteiger charge is -2.33. The van der Waals surface area contributed by atoms with Gasteiger partial charge in [0, 0.05) is 6.04 Å². The molecule has 1 fully saturated rings. The van der Waals surface area contributed by atoms with Gasteiger partial charge in [0.2, 0.25) is 0 Å². The molecule has 0 saturated carbocycles. The summed E-state index contributed by atoms with van der Waals surface area (Å²) in [6, 6.07) is 0.329. The van der Waals surface area contributed by atoms with Crippen LogP contribution in [0.5, 0.6) is 0 Å². The highest BCUT2D eigenvalue weighted by Gasteiger charge is 2.31. The van der Waals surface area contributed by atoms with Crippen LogP contribution in [0.15, 0.2) is 23.6 Å². The first-order valence-electron chi connectivity index (χ1n) is 7.35. The van der Waals surface area contributed by atoms with Gasteiger partial charge in [-0.2, -0.15) is 0 Å². The van der Waals surface area contributed by atoms with Crippen LogP contribution in [0.2, 0.25) is 0 Å². The van der Waals surface area contributed by atoms with E-state index in [4.69, 9.17) is 21.1 Å². The van der Waals surface area contributed by atoms with Crippen molar-refractivity contribution in [2.24, 2.45) is 0 Å². The molecule has 1 saturated heterocycles. The molecule has 1 unspecified atom stereocenters. The predicted molar refractivity (Wildman–Crippen MR) is 83.3 cm³/mol. The third-order valence-corrected chi connectivity index (χ3v) is 3.80. The fourth-order valence-corrected chi connectivity index (χ4v) is 2.29. The molecule has 2 atom stereocenters. The topological polar surface area (TPSA) is 71.0 Å². The number of hydrogen-bond acceptors (Lipinski definition) is 5. The molecule has 7 heteroatoms. The molecule has 0 radical (unpaired) electrons. The van der Waals surface area contributed by atoms with E-state index in [1.807, 2.05) is 0 Å². The van der Waals surface area contributed by atoms with Crippen LogP contribution in [0.25, 0.3) is 0 Å². The normalized spacial score (nSPS) is 25.0. The molecule has 22 heavy (non-hydrogen) atoms. The third-order valence-electron chi connectivity index (χ3n) is 3.31. The Morgan fingerprint density at radius 2 is 2.23 bits per heavy atom. The molecule has 2 aliphatic heterocycles. The van der Waals surface area contributed by atoms with Crippen molar-refractivity contribution in [3.8, 4) is 0 Å². The van der Waals surface area contributed by atoms with Gasteiger partial charge in [0.1, 0.15) is 23.5 Å². The Morgan fingerprint density at radius 3 is 2.73 bits per heavy atom. The number of rotatable bonds is 4. The van der Waals surface area contributed by atoms with Crippen LogP contribution in [0.3, 0.4) is 0 Å². The molecule has 6 nitrogen and oxygen atoms in total. The number of nitrogens with one attached hydrogen (secondary N) is 1. The predicted octanol–water partition coefficient (Wildman–Crippen LogP) is 1.94. The smallest absolute Gasteiger partial charge is 0.415 e. The minimum Gasteiger partial charge on any atom is -0.490 e. The summed E-state index contributed by atoms with van der Waals surface area (Å²) in [7, 11) is 0. The number of carbonyl (C=O) groups excluding carboxylic acids is 1. The summed E-state index contributed by atoms with van der Waals surface area (Å²) < 4.78 is 11.0. The fraction of sp³-hybridized carbons (Fsp3) is 0.667.